The molecule has 24 heavy (non-hydrogen) atoms. The second-order valence-corrected chi connectivity index (χ2v) is 5.48. The van der Waals surface area contributed by atoms with Gasteiger partial charge in [-0.05, 0) is 45.2 Å². The monoisotopic (exact) mass is 330 g/mol. The number of piperidine rings is 1. The van der Waals surface area contributed by atoms with Crippen molar-refractivity contribution in [3.05, 3.63) is 23.7 Å². The Morgan fingerprint density at radius 3 is 2.75 bits per heavy atom. The summed E-state index contributed by atoms with van der Waals surface area (Å²) in [6.45, 7) is 7.10. The van der Waals surface area contributed by atoms with E-state index in [9.17, 15) is 4.79 Å². The van der Waals surface area contributed by atoms with Crippen LogP contribution in [-0.4, -0.2) is 50.0 Å². The van der Waals surface area contributed by atoms with E-state index in [1.807, 2.05) is 25.4 Å². The Balaban J connectivity index is 0.000000243. The summed E-state index contributed by atoms with van der Waals surface area (Å²) in [7, 11) is 1.83. The van der Waals surface area contributed by atoms with Crippen LogP contribution >= 0.6 is 0 Å². The van der Waals surface area contributed by atoms with Crippen molar-refractivity contribution in [3.8, 4) is 6.07 Å². The number of nitrogens with one attached hydrogen (secondary N) is 2. The lowest BCUT2D eigenvalue weighted by Crippen LogP contribution is -2.35. The van der Waals surface area contributed by atoms with Gasteiger partial charge in [-0.15, -0.1) is 0 Å². The first-order valence-corrected chi connectivity index (χ1v) is 8.11. The summed E-state index contributed by atoms with van der Waals surface area (Å²) in [5, 5.41) is 14.4. The summed E-state index contributed by atoms with van der Waals surface area (Å²) in [6.07, 6.45) is 8.79. The lowest BCUT2D eigenvalue weighted by molar-refractivity contribution is -0.130. The molecule has 2 rings (SSSR count). The Labute approximate surface area is 143 Å². The predicted molar refractivity (Wildman–Crippen MR) is 96.5 cm³/mol. The third kappa shape index (κ3) is 6.24. The van der Waals surface area contributed by atoms with Crippen LogP contribution in [0.15, 0.2) is 33.7 Å². The number of amides is 1. The van der Waals surface area contributed by atoms with Crippen molar-refractivity contribution < 1.29 is 4.79 Å². The molecule has 2 N–H and O–H groups in total. The molecule has 0 aliphatic carbocycles. The number of likely N-dealkylation sites (tertiary alicyclic amines) is 1. The molecule has 0 aromatic heterocycles. The summed E-state index contributed by atoms with van der Waals surface area (Å²) in [5.74, 6) is 0.813. The Kier molecular flexibility index (Phi) is 8.90. The first-order chi connectivity index (χ1) is 11.6. The van der Waals surface area contributed by atoms with Gasteiger partial charge in [-0.1, -0.05) is 0 Å². The molecule has 0 saturated carbocycles. The van der Waals surface area contributed by atoms with Crippen LogP contribution in [0.4, 0.5) is 0 Å². The Morgan fingerprint density at radius 1 is 1.54 bits per heavy atom. The molecule has 2 aliphatic rings. The molecule has 7 nitrogen and oxygen atoms in total. The van der Waals surface area contributed by atoms with E-state index in [0.29, 0.717) is 6.04 Å². The lowest BCUT2D eigenvalue weighted by Gasteiger charge is -2.25. The molecule has 1 amide bonds. The van der Waals surface area contributed by atoms with Crippen molar-refractivity contribution >= 4 is 19.0 Å². The molecule has 1 atom stereocenters. The third-order valence-electron chi connectivity index (χ3n) is 3.79. The molecule has 130 valence electrons. The van der Waals surface area contributed by atoms with Gasteiger partial charge < -0.3 is 15.5 Å². The van der Waals surface area contributed by atoms with E-state index in [-0.39, 0.29) is 12.3 Å². The highest BCUT2D eigenvalue weighted by Crippen LogP contribution is 2.14. The third-order valence-corrected chi connectivity index (χ3v) is 3.79. The van der Waals surface area contributed by atoms with Gasteiger partial charge in [-0.25, -0.2) is 4.99 Å². The fraction of sp³-hybridized carbons (Fsp3) is 0.529. The number of nitriles is 1. The minimum Gasteiger partial charge on any atom is -0.384 e. The molecule has 0 aromatic carbocycles. The van der Waals surface area contributed by atoms with E-state index < -0.39 is 0 Å². The van der Waals surface area contributed by atoms with Crippen molar-refractivity contribution in [2.75, 3.05) is 20.1 Å². The number of carbonyl (C=O) groups is 1. The molecule has 0 aromatic rings. The van der Waals surface area contributed by atoms with Gasteiger partial charge in [-0.3, -0.25) is 9.79 Å². The molecule has 1 saturated heterocycles. The van der Waals surface area contributed by atoms with Gasteiger partial charge in [0.25, 0.3) is 0 Å². The summed E-state index contributed by atoms with van der Waals surface area (Å²) >= 11 is 0. The van der Waals surface area contributed by atoms with Crippen LogP contribution in [0.1, 0.15) is 32.6 Å². The Morgan fingerprint density at radius 2 is 2.25 bits per heavy atom. The van der Waals surface area contributed by atoms with Crippen molar-refractivity contribution in [1.29, 1.82) is 5.26 Å². The van der Waals surface area contributed by atoms with Crippen LogP contribution in [0, 0.1) is 11.3 Å². The molecule has 0 spiro atoms. The minimum atomic E-state index is -0.00722. The average molecular weight is 330 g/mol. The molecule has 2 aliphatic heterocycles. The smallest absolute Gasteiger partial charge is 0.236 e. The number of aliphatic imine (C=N–C) groups is 2. The van der Waals surface area contributed by atoms with E-state index in [0.717, 1.165) is 37.3 Å². The maximum atomic E-state index is 11.1. The van der Waals surface area contributed by atoms with Gasteiger partial charge in [-0.2, -0.15) is 5.26 Å². The zero-order valence-corrected chi connectivity index (χ0v) is 14.5. The maximum Gasteiger partial charge on any atom is 0.236 e. The minimum absolute atomic E-state index is 0.00722. The van der Waals surface area contributed by atoms with E-state index in [4.69, 9.17) is 5.26 Å². The van der Waals surface area contributed by atoms with Crippen LogP contribution in [0.5, 0.6) is 0 Å². The first-order valence-electron chi connectivity index (χ1n) is 8.11. The number of carbonyl (C=O) groups excluding carboxylic acids is 1. The summed E-state index contributed by atoms with van der Waals surface area (Å²) < 4.78 is 0. The number of nitrogens with zero attached hydrogens (tertiary/aromatic N) is 4. The molecule has 7 heteroatoms. The van der Waals surface area contributed by atoms with Gasteiger partial charge in [0.15, 0.2) is 0 Å². The molecular weight excluding hydrogens is 304 g/mol. The number of hydrogen-bond acceptors (Lipinski definition) is 5. The molecule has 1 unspecified atom stereocenters. The first kappa shape index (κ1) is 19.4. The molecule has 0 radical (unpaired) electrons. The number of hydrogen-bond donors (Lipinski definition) is 2. The second kappa shape index (κ2) is 11.0. The Hall–Kier alpha value is -2.62. The van der Waals surface area contributed by atoms with Gasteiger partial charge in [0.05, 0.1) is 12.1 Å². The van der Waals surface area contributed by atoms with Crippen LogP contribution < -0.4 is 10.6 Å². The van der Waals surface area contributed by atoms with E-state index in [1.54, 1.807) is 4.90 Å². The average Bonchev–Trinajstić information content (AvgIpc) is 3.03. The molecule has 1 fully saturated rings. The molecule has 0 bridgehead atoms. The van der Waals surface area contributed by atoms with E-state index in [2.05, 4.69) is 34.3 Å². The topological polar surface area (TPSA) is 92.9 Å². The van der Waals surface area contributed by atoms with Gasteiger partial charge in [0.2, 0.25) is 5.91 Å². The normalized spacial score (nSPS) is 21.4. The highest BCUT2D eigenvalue weighted by molar-refractivity contribution is 5.78. The van der Waals surface area contributed by atoms with Crippen molar-refractivity contribution in [1.82, 2.24) is 15.5 Å². The van der Waals surface area contributed by atoms with E-state index >= 15 is 0 Å². The standard InChI is InChI=1S/C9H14N4.C8H12N2O/c1-7-8(4-5-12-7)9(11-3)13-6-10-2;9-5-4-8(11)10-6-2-1-3-7-10/h4-7,11-12H,2H2,1,3H3;1-4,6-7H2/b9-8-,13-6-;. The largest absolute Gasteiger partial charge is 0.384 e. The summed E-state index contributed by atoms with van der Waals surface area (Å²) in [5.41, 5.74) is 1.13. The fourth-order valence-electron chi connectivity index (χ4n) is 2.51. The van der Waals surface area contributed by atoms with Gasteiger partial charge in [0.1, 0.15) is 18.6 Å². The highest BCUT2D eigenvalue weighted by Gasteiger charge is 2.15. The van der Waals surface area contributed by atoms with Crippen molar-refractivity contribution in [3.63, 3.8) is 0 Å². The molecular formula is C17H26N6O. The van der Waals surface area contributed by atoms with Crippen LogP contribution in [-0.2, 0) is 4.79 Å². The van der Waals surface area contributed by atoms with Gasteiger partial charge >= 0.3 is 0 Å². The highest BCUT2D eigenvalue weighted by atomic mass is 16.2. The predicted octanol–water partition coefficient (Wildman–Crippen LogP) is 1.56. The second-order valence-electron chi connectivity index (χ2n) is 5.48. The lowest BCUT2D eigenvalue weighted by atomic mass is 10.1. The zero-order valence-electron chi connectivity index (χ0n) is 14.5. The maximum absolute atomic E-state index is 11.1. The Bertz CT molecular complexity index is 552. The van der Waals surface area contributed by atoms with Crippen LogP contribution in [0.3, 0.4) is 0 Å². The van der Waals surface area contributed by atoms with Crippen LogP contribution in [0.2, 0.25) is 0 Å². The van der Waals surface area contributed by atoms with Crippen LogP contribution in [0.25, 0.3) is 0 Å². The quantitative estimate of drug-likeness (QED) is 0.604. The fourth-order valence-corrected chi connectivity index (χ4v) is 2.51. The van der Waals surface area contributed by atoms with Gasteiger partial charge in [0, 0.05) is 25.7 Å². The summed E-state index contributed by atoms with van der Waals surface area (Å²) in [4.78, 5) is 20.6. The SMILES string of the molecule is C=N/C=N\C(NC)=C1\C=CNC1C.N#CCC(=O)N1CCCCC1. The number of rotatable bonds is 4. The molecule has 2 heterocycles. The van der Waals surface area contributed by atoms with Crippen molar-refractivity contribution in [2.24, 2.45) is 9.98 Å². The van der Waals surface area contributed by atoms with Crippen molar-refractivity contribution in [2.45, 2.75) is 38.6 Å². The van der Waals surface area contributed by atoms with E-state index in [1.165, 1.54) is 12.8 Å². The summed E-state index contributed by atoms with van der Waals surface area (Å²) in [6, 6.07) is 2.17. The zero-order chi connectivity index (χ0) is 17.8.